The molecular formula is C13H21N3O5Sn. The SMILES string of the molecule is C[CH2][Sn]1([CH2]C)[O][C@H]2[C@H]([O]1)[C@H](n1ccc(N)nc1=O)O[C@H]2CO. The molecule has 3 rings (SSSR count). The van der Waals surface area contributed by atoms with Crippen LogP contribution in [0.3, 0.4) is 0 Å². The number of rotatable bonds is 4. The molecule has 22 heavy (non-hydrogen) atoms. The minimum absolute atomic E-state index is 0.161. The summed E-state index contributed by atoms with van der Waals surface area (Å²) in [6.07, 6.45) is -0.287. The van der Waals surface area contributed by atoms with Gasteiger partial charge in [0.15, 0.2) is 0 Å². The minimum atomic E-state index is -3.10. The van der Waals surface area contributed by atoms with E-state index < -0.39 is 37.2 Å². The molecule has 0 radical (unpaired) electrons. The summed E-state index contributed by atoms with van der Waals surface area (Å²) in [6, 6.07) is 1.54. The Hall–Kier alpha value is -0.681. The molecule has 2 saturated heterocycles. The third-order valence-corrected chi connectivity index (χ3v) is 14.5. The van der Waals surface area contributed by atoms with Crippen molar-refractivity contribution in [2.45, 2.75) is 47.3 Å². The summed E-state index contributed by atoms with van der Waals surface area (Å²) in [5, 5.41) is 9.55. The second-order valence-corrected chi connectivity index (χ2v) is 16.2. The first-order chi connectivity index (χ1) is 10.5. The van der Waals surface area contributed by atoms with Crippen molar-refractivity contribution in [1.29, 1.82) is 0 Å². The van der Waals surface area contributed by atoms with Gasteiger partial charge < -0.3 is 0 Å². The van der Waals surface area contributed by atoms with Gasteiger partial charge in [-0.2, -0.15) is 0 Å². The molecule has 0 bridgehead atoms. The van der Waals surface area contributed by atoms with Crippen LogP contribution >= 0.6 is 0 Å². The van der Waals surface area contributed by atoms with E-state index in [1.54, 1.807) is 6.20 Å². The quantitative estimate of drug-likeness (QED) is 0.662. The van der Waals surface area contributed by atoms with Crippen molar-refractivity contribution in [1.82, 2.24) is 9.55 Å². The Morgan fingerprint density at radius 1 is 1.36 bits per heavy atom. The molecule has 0 saturated carbocycles. The fourth-order valence-corrected chi connectivity index (χ4v) is 10.9. The van der Waals surface area contributed by atoms with E-state index in [4.69, 9.17) is 16.6 Å². The van der Waals surface area contributed by atoms with Gasteiger partial charge in [0.25, 0.3) is 0 Å². The number of hydrogen-bond donors (Lipinski definition) is 2. The number of hydrogen-bond acceptors (Lipinski definition) is 7. The van der Waals surface area contributed by atoms with Crippen LogP contribution < -0.4 is 11.4 Å². The van der Waals surface area contributed by atoms with Crippen LogP contribution in [-0.2, 0) is 10.9 Å². The van der Waals surface area contributed by atoms with E-state index in [2.05, 4.69) is 18.8 Å². The van der Waals surface area contributed by atoms with Gasteiger partial charge in [0.05, 0.1) is 0 Å². The Labute approximate surface area is 133 Å². The Morgan fingerprint density at radius 2 is 2.05 bits per heavy atom. The van der Waals surface area contributed by atoms with E-state index >= 15 is 0 Å². The van der Waals surface area contributed by atoms with Crippen LogP contribution in [0.2, 0.25) is 8.87 Å². The first kappa shape index (κ1) is 16.2. The van der Waals surface area contributed by atoms with E-state index in [0.717, 1.165) is 8.87 Å². The molecule has 0 spiro atoms. The van der Waals surface area contributed by atoms with E-state index in [1.807, 2.05) is 0 Å². The molecule has 0 aromatic carbocycles. The van der Waals surface area contributed by atoms with Crippen molar-refractivity contribution in [2.24, 2.45) is 0 Å². The molecule has 2 fully saturated rings. The molecule has 8 nitrogen and oxygen atoms in total. The average molecular weight is 418 g/mol. The van der Waals surface area contributed by atoms with Gasteiger partial charge in [0, 0.05) is 0 Å². The van der Waals surface area contributed by atoms with E-state index in [1.165, 1.54) is 10.6 Å². The van der Waals surface area contributed by atoms with Crippen LogP contribution in [0.4, 0.5) is 5.82 Å². The van der Waals surface area contributed by atoms with Crippen LogP contribution in [0.1, 0.15) is 20.1 Å². The molecule has 9 heteroatoms. The zero-order valence-electron chi connectivity index (χ0n) is 12.6. The summed E-state index contributed by atoms with van der Waals surface area (Å²) in [6.45, 7) is 3.97. The van der Waals surface area contributed by atoms with Crippen LogP contribution in [0.5, 0.6) is 0 Å². The van der Waals surface area contributed by atoms with E-state index in [-0.39, 0.29) is 24.6 Å². The van der Waals surface area contributed by atoms with Crippen molar-refractivity contribution < 1.29 is 16.0 Å². The summed E-state index contributed by atoms with van der Waals surface area (Å²) in [5.41, 5.74) is 5.03. The maximum absolute atomic E-state index is 12.1. The Balaban J connectivity index is 1.95. The number of nitrogen functional groups attached to an aromatic ring is 1. The topological polar surface area (TPSA) is 109 Å². The maximum atomic E-state index is 12.1. The van der Waals surface area contributed by atoms with Crippen molar-refractivity contribution in [2.75, 3.05) is 12.3 Å². The summed E-state index contributed by atoms with van der Waals surface area (Å²) >= 11 is -3.10. The van der Waals surface area contributed by atoms with Crippen molar-refractivity contribution in [3.05, 3.63) is 22.7 Å². The number of aliphatic hydroxyl groups is 1. The van der Waals surface area contributed by atoms with Crippen molar-refractivity contribution in [3.63, 3.8) is 0 Å². The second kappa shape index (κ2) is 6.08. The fraction of sp³-hybridized carbons (Fsp3) is 0.692. The van der Waals surface area contributed by atoms with Crippen LogP contribution in [0.15, 0.2) is 17.1 Å². The number of aliphatic hydroxyl groups excluding tert-OH is 1. The normalized spacial score (nSPS) is 33.0. The van der Waals surface area contributed by atoms with Crippen LogP contribution in [0, 0.1) is 0 Å². The predicted molar refractivity (Wildman–Crippen MR) is 80.4 cm³/mol. The Bertz CT molecular complexity index is 606. The second-order valence-electron chi connectivity index (χ2n) is 5.57. The molecule has 3 N–H and O–H groups in total. The predicted octanol–water partition coefficient (Wildman–Crippen LogP) is -0.0188. The van der Waals surface area contributed by atoms with E-state index in [0.29, 0.717) is 0 Å². The zero-order chi connectivity index (χ0) is 15.9. The van der Waals surface area contributed by atoms with Gasteiger partial charge in [-0.25, -0.2) is 0 Å². The first-order valence-electron chi connectivity index (χ1n) is 7.50. The molecular weight excluding hydrogens is 397 g/mol. The monoisotopic (exact) mass is 419 g/mol. The fourth-order valence-electron chi connectivity index (χ4n) is 3.07. The summed E-state index contributed by atoms with van der Waals surface area (Å²) < 4.78 is 21.4. The molecule has 2 aliphatic heterocycles. The number of fused-ring (bicyclic) bond motifs is 1. The van der Waals surface area contributed by atoms with Gasteiger partial charge >= 0.3 is 133 Å². The number of nitrogens with zero attached hydrogens (tertiary/aromatic N) is 2. The standard InChI is InChI=1S/C9H11N3O5.2C2H5.Sn/c10-5-1-2-12(9(16)11-5)8-7(15)6(14)4(3-13)17-8;2*1-2;/h1-2,4,6-8,13H,3H2,(H2,10,11,16);2*1H2,2H3;/q-2;;;+2/t4-,6+,7-,8+;;;/m0.../s1. The number of nitrogens with two attached hydrogens (primary N) is 1. The summed E-state index contributed by atoms with van der Waals surface area (Å²) in [5.74, 6) is 0.161. The molecule has 4 atom stereocenters. The molecule has 0 amide bonds. The van der Waals surface area contributed by atoms with E-state index in [9.17, 15) is 9.90 Å². The third-order valence-electron chi connectivity index (χ3n) is 4.37. The van der Waals surface area contributed by atoms with Crippen molar-refractivity contribution >= 4 is 25.0 Å². The average Bonchev–Trinajstić information content (AvgIpc) is 3.03. The molecule has 1 aromatic rings. The molecule has 3 heterocycles. The number of aromatic nitrogens is 2. The Morgan fingerprint density at radius 3 is 2.64 bits per heavy atom. The molecule has 1 aromatic heterocycles. The van der Waals surface area contributed by atoms with Crippen LogP contribution in [0.25, 0.3) is 0 Å². The molecule has 0 unspecified atom stereocenters. The molecule has 0 aliphatic carbocycles. The summed E-state index contributed by atoms with van der Waals surface area (Å²) in [7, 11) is 0. The Kier molecular flexibility index (Phi) is 4.47. The number of anilines is 1. The van der Waals surface area contributed by atoms with Gasteiger partial charge in [-0.3, -0.25) is 0 Å². The summed E-state index contributed by atoms with van der Waals surface area (Å²) in [4.78, 5) is 15.8. The first-order valence-corrected chi connectivity index (χ1v) is 13.9. The van der Waals surface area contributed by atoms with Gasteiger partial charge in [-0.15, -0.1) is 0 Å². The third kappa shape index (κ3) is 2.56. The van der Waals surface area contributed by atoms with Gasteiger partial charge in [-0.1, -0.05) is 0 Å². The molecule has 122 valence electrons. The number of ether oxygens (including phenoxy) is 1. The van der Waals surface area contributed by atoms with Crippen molar-refractivity contribution in [3.8, 4) is 0 Å². The van der Waals surface area contributed by atoms with Gasteiger partial charge in [-0.05, 0) is 0 Å². The zero-order valence-corrected chi connectivity index (χ0v) is 15.5. The van der Waals surface area contributed by atoms with Crippen LogP contribution in [-0.4, -0.2) is 58.8 Å². The molecule has 2 aliphatic rings. The van der Waals surface area contributed by atoms with Gasteiger partial charge in [0.1, 0.15) is 0 Å². The van der Waals surface area contributed by atoms with Gasteiger partial charge in [0.2, 0.25) is 0 Å².